The number of anilines is 1. The summed E-state index contributed by atoms with van der Waals surface area (Å²) in [5.74, 6) is 0.465. The third-order valence-electron chi connectivity index (χ3n) is 7.82. The van der Waals surface area contributed by atoms with Gasteiger partial charge in [0, 0.05) is 23.0 Å². The summed E-state index contributed by atoms with van der Waals surface area (Å²) in [6, 6.07) is 16.4. The number of amides is 1. The number of rotatable bonds is 10. The van der Waals surface area contributed by atoms with E-state index in [4.69, 9.17) is 9.72 Å². The molecule has 2 aromatic heterocycles. The molecule has 0 unspecified atom stereocenters. The normalized spacial score (nSPS) is 16.5. The molecule has 5 rings (SSSR count). The molecule has 9 heteroatoms. The Bertz CT molecular complexity index is 1620. The number of nitrogens with one attached hydrogen (secondary N) is 1. The quantitative estimate of drug-likeness (QED) is 0.204. The lowest BCUT2D eigenvalue weighted by Crippen LogP contribution is -2.60. The molecule has 3 heterocycles. The molecule has 4 aromatic rings. The second kappa shape index (κ2) is 12.5. The zero-order chi connectivity index (χ0) is 30.8. The van der Waals surface area contributed by atoms with E-state index in [0.717, 1.165) is 32.0 Å². The van der Waals surface area contributed by atoms with Crippen LogP contribution in [0.2, 0.25) is 0 Å². The number of hydrogen-bond donors (Lipinski definition) is 1. The monoisotopic (exact) mass is 601 g/mol. The largest absolute Gasteiger partial charge is 0.374 e. The Kier molecular flexibility index (Phi) is 8.96. The van der Waals surface area contributed by atoms with Crippen molar-refractivity contribution in [3.8, 4) is 0 Å². The highest BCUT2D eigenvalue weighted by atomic mass is 32.1. The summed E-state index contributed by atoms with van der Waals surface area (Å²) in [5.41, 5.74) is 2.02. The molecule has 0 saturated carbocycles. The van der Waals surface area contributed by atoms with E-state index < -0.39 is 11.1 Å². The zero-order valence-electron chi connectivity index (χ0n) is 25.7. The third-order valence-corrected chi connectivity index (χ3v) is 9.28. The molecule has 0 saturated heterocycles. The molecule has 43 heavy (non-hydrogen) atoms. The molecule has 0 spiro atoms. The van der Waals surface area contributed by atoms with Gasteiger partial charge in [-0.25, -0.2) is 14.4 Å². The van der Waals surface area contributed by atoms with Gasteiger partial charge in [0.1, 0.15) is 22.8 Å². The van der Waals surface area contributed by atoms with E-state index in [2.05, 4.69) is 50.1 Å². The number of likely N-dealkylation sites (N-methyl/N-ethyl adjacent to an activating group) is 1. The first-order valence-corrected chi connectivity index (χ1v) is 15.3. The molecule has 1 amide bonds. The molecule has 0 radical (unpaired) electrons. The maximum atomic E-state index is 13.7. The summed E-state index contributed by atoms with van der Waals surface area (Å²) in [6.45, 7) is 9.85. The summed E-state index contributed by atoms with van der Waals surface area (Å²) in [5, 5.41) is 4.65. The minimum atomic E-state index is -0.549. The molecule has 0 bridgehead atoms. The Balaban J connectivity index is 1.48. The van der Waals surface area contributed by atoms with E-state index in [1.54, 1.807) is 29.8 Å². The van der Waals surface area contributed by atoms with Gasteiger partial charge in [0.2, 0.25) is 5.91 Å². The second-order valence-electron chi connectivity index (χ2n) is 12.5. The van der Waals surface area contributed by atoms with Crippen LogP contribution in [0.5, 0.6) is 0 Å². The predicted molar refractivity (Wildman–Crippen MR) is 172 cm³/mol. The molecule has 7 nitrogen and oxygen atoms in total. The van der Waals surface area contributed by atoms with Gasteiger partial charge in [-0.15, -0.1) is 11.3 Å². The fourth-order valence-electron chi connectivity index (χ4n) is 6.14. The van der Waals surface area contributed by atoms with Gasteiger partial charge in [-0.2, -0.15) is 0 Å². The van der Waals surface area contributed by atoms with Crippen molar-refractivity contribution >= 4 is 33.3 Å². The molecular formula is C34H40FN5O2S. The van der Waals surface area contributed by atoms with E-state index in [0.29, 0.717) is 26.2 Å². The third kappa shape index (κ3) is 6.64. The van der Waals surface area contributed by atoms with E-state index >= 15 is 0 Å². The highest BCUT2D eigenvalue weighted by Crippen LogP contribution is 2.50. The minimum Gasteiger partial charge on any atom is -0.374 e. The number of carbonyl (C=O) groups excluding carboxylic acids is 1. The number of carbonyl (C=O) groups is 1. The summed E-state index contributed by atoms with van der Waals surface area (Å²) in [6.07, 6.45) is 5.88. The summed E-state index contributed by atoms with van der Waals surface area (Å²) in [7, 11) is 3.97. The number of benzene rings is 2. The van der Waals surface area contributed by atoms with Crippen LogP contribution in [0.1, 0.15) is 55.3 Å². The lowest BCUT2D eigenvalue weighted by atomic mass is 9.79. The van der Waals surface area contributed by atoms with Gasteiger partial charge in [0.25, 0.3) is 0 Å². The molecule has 0 aliphatic carbocycles. The maximum absolute atomic E-state index is 13.7. The van der Waals surface area contributed by atoms with Crippen molar-refractivity contribution in [1.82, 2.24) is 19.8 Å². The van der Waals surface area contributed by atoms with Crippen LogP contribution < -0.4 is 5.32 Å². The Hall–Kier alpha value is -3.66. The van der Waals surface area contributed by atoms with Gasteiger partial charge in [-0.1, -0.05) is 48.5 Å². The van der Waals surface area contributed by atoms with Gasteiger partial charge in [-0.05, 0) is 77.0 Å². The number of nitrogens with zero attached hydrogens (tertiary/aromatic N) is 4. The summed E-state index contributed by atoms with van der Waals surface area (Å²) < 4.78 is 19.8. The van der Waals surface area contributed by atoms with Crippen LogP contribution in [-0.2, 0) is 28.1 Å². The van der Waals surface area contributed by atoms with Gasteiger partial charge in [0.05, 0.1) is 30.2 Å². The topological polar surface area (TPSA) is 70.6 Å². The lowest BCUT2D eigenvalue weighted by molar-refractivity contribution is -0.140. The summed E-state index contributed by atoms with van der Waals surface area (Å²) >= 11 is 1.63. The minimum absolute atomic E-state index is 0.00368. The lowest BCUT2D eigenvalue weighted by Gasteiger charge is -2.52. The van der Waals surface area contributed by atoms with E-state index in [1.165, 1.54) is 17.7 Å². The maximum Gasteiger partial charge on any atom is 0.247 e. The first-order valence-electron chi connectivity index (χ1n) is 14.5. The van der Waals surface area contributed by atoms with Crippen molar-refractivity contribution in [3.05, 3.63) is 100 Å². The van der Waals surface area contributed by atoms with Crippen LogP contribution in [0.3, 0.4) is 0 Å². The first-order chi connectivity index (χ1) is 20.5. The number of halogens is 1. The van der Waals surface area contributed by atoms with Gasteiger partial charge in [0.15, 0.2) is 0 Å². The van der Waals surface area contributed by atoms with Crippen molar-refractivity contribution < 1.29 is 13.9 Å². The molecular weight excluding hydrogens is 561 g/mol. The van der Waals surface area contributed by atoms with Crippen molar-refractivity contribution in [2.24, 2.45) is 0 Å². The standard InChI is InChI=1S/C34H40FN5O2S/c1-33(2)19-26-29-31(38-27(24-13-8-7-9-14-24)21-42-20-23-12-10-15-25(35)18-23)36-22-37-32(29)43-30(26)34(3,4)40(33)28(41)16-11-17-39(5)6/h7-16,18,22,27H,17,19-21H2,1-6H3,(H,36,37,38)/b16-11+/t27-/m1/s1. The smallest absolute Gasteiger partial charge is 0.247 e. The highest BCUT2D eigenvalue weighted by molar-refractivity contribution is 7.19. The fourth-order valence-corrected chi connectivity index (χ4v) is 7.39. The van der Waals surface area contributed by atoms with Crippen molar-refractivity contribution in [3.63, 3.8) is 0 Å². The van der Waals surface area contributed by atoms with Crippen LogP contribution in [0.4, 0.5) is 10.2 Å². The van der Waals surface area contributed by atoms with Gasteiger partial charge in [-0.3, -0.25) is 4.79 Å². The number of thiophene rings is 1. The molecule has 1 aliphatic heterocycles. The number of fused-ring (bicyclic) bond motifs is 3. The first kappa shape index (κ1) is 30.8. The number of ether oxygens (including phenoxy) is 1. The average Bonchev–Trinajstić information content (AvgIpc) is 3.32. The van der Waals surface area contributed by atoms with Crippen LogP contribution >= 0.6 is 11.3 Å². The molecule has 1 atom stereocenters. The molecule has 0 fully saturated rings. The average molecular weight is 602 g/mol. The molecule has 2 aromatic carbocycles. The molecule has 226 valence electrons. The molecule has 1 aliphatic rings. The van der Waals surface area contributed by atoms with E-state index in [9.17, 15) is 9.18 Å². The fraction of sp³-hybridized carbons (Fsp3) is 0.382. The zero-order valence-corrected chi connectivity index (χ0v) is 26.5. The Morgan fingerprint density at radius 3 is 2.63 bits per heavy atom. The Morgan fingerprint density at radius 2 is 1.91 bits per heavy atom. The number of hydrogen-bond acceptors (Lipinski definition) is 7. The SMILES string of the molecule is CN(C)C/C=C/C(=O)N1C(C)(C)Cc2c(sc3ncnc(N[C@H](COCc4cccc(F)c4)c4ccccc4)c23)C1(C)C. The molecule has 1 N–H and O–H groups in total. The highest BCUT2D eigenvalue weighted by Gasteiger charge is 2.48. The Labute approximate surface area is 257 Å². The predicted octanol–water partition coefficient (Wildman–Crippen LogP) is 6.72. The van der Waals surface area contributed by atoms with Gasteiger partial charge >= 0.3 is 0 Å². The van der Waals surface area contributed by atoms with Crippen molar-refractivity contribution in [1.29, 1.82) is 0 Å². The van der Waals surface area contributed by atoms with E-state index in [1.807, 2.05) is 54.2 Å². The van der Waals surface area contributed by atoms with E-state index in [-0.39, 0.29) is 17.8 Å². The number of aromatic nitrogens is 2. The van der Waals surface area contributed by atoms with Gasteiger partial charge < -0.3 is 19.9 Å². The van der Waals surface area contributed by atoms with Crippen LogP contribution in [0.25, 0.3) is 10.2 Å². The van der Waals surface area contributed by atoms with Crippen LogP contribution in [0.15, 0.2) is 73.1 Å². The van der Waals surface area contributed by atoms with Crippen molar-refractivity contribution in [2.75, 3.05) is 32.6 Å². The second-order valence-corrected chi connectivity index (χ2v) is 13.5. The summed E-state index contributed by atoms with van der Waals surface area (Å²) in [4.78, 5) is 29.0. The van der Waals surface area contributed by atoms with Crippen LogP contribution in [0, 0.1) is 5.82 Å². The van der Waals surface area contributed by atoms with Crippen molar-refractivity contribution in [2.45, 2.75) is 57.8 Å². The Morgan fingerprint density at radius 1 is 1.14 bits per heavy atom. The van der Waals surface area contributed by atoms with Crippen LogP contribution in [-0.4, -0.2) is 58.5 Å².